The third kappa shape index (κ3) is 2.86. The highest BCUT2D eigenvalue weighted by Gasteiger charge is 2.18. The van der Waals surface area contributed by atoms with Gasteiger partial charge in [-0.15, -0.1) is 11.3 Å². The summed E-state index contributed by atoms with van der Waals surface area (Å²) in [4.78, 5) is 25.5. The zero-order valence-electron chi connectivity index (χ0n) is 13.7. The number of para-hydroxylation sites is 1. The van der Waals surface area contributed by atoms with Gasteiger partial charge in [-0.2, -0.15) is 5.10 Å². The standard InChI is InChI=1S/C18H14N4O3S/c1-11-13-10-15(17(24)20-19-16(23)14-8-5-9-25-14)26-18(13)22(21-11)12-6-3-2-4-7-12/h2-10H,1H3,(H,19,23)(H,20,24). The van der Waals surface area contributed by atoms with Crippen molar-refractivity contribution >= 4 is 33.4 Å². The van der Waals surface area contributed by atoms with Crippen LogP contribution in [0.5, 0.6) is 0 Å². The van der Waals surface area contributed by atoms with Crippen molar-refractivity contribution in [3.8, 4) is 5.69 Å². The highest BCUT2D eigenvalue weighted by molar-refractivity contribution is 7.20. The lowest BCUT2D eigenvalue weighted by atomic mass is 10.3. The molecule has 3 aromatic heterocycles. The van der Waals surface area contributed by atoms with E-state index < -0.39 is 11.8 Å². The Morgan fingerprint density at radius 1 is 1.08 bits per heavy atom. The molecule has 1 aromatic carbocycles. The molecular formula is C18H14N4O3S. The summed E-state index contributed by atoms with van der Waals surface area (Å²) in [6.45, 7) is 1.90. The summed E-state index contributed by atoms with van der Waals surface area (Å²) in [6.07, 6.45) is 1.39. The maximum absolute atomic E-state index is 12.4. The van der Waals surface area contributed by atoms with Gasteiger partial charge in [0, 0.05) is 5.39 Å². The molecule has 0 fully saturated rings. The quantitative estimate of drug-likeness (QED) is 0.545. The fourth-order valence-electron chi connectivity index (χ4n) is 2.55. The SMILES string of the molecule is Cc1nn(-c2ccccc2)c2sc(C(=O)NNC(=O)c3ccco3)cc12. The summed E-state index contributed by atoms with van der Waals surface area (Å²) in [7, 11) is 0. The minimum atomic E-state index is -0.517. The number of carbonyl (C=O) groups excluding carboxylic acids is 2. The molecule has 0 unspecified atom stereocenters. The number of furan rings is 1. The molecule has 2 N–H and O–H groups in total. The molecule has 4 rings (SSSR count). The van der Waals surface area contributed by atoms with Crippen molar-refractivity contribution in [3.05, 3.63) is 71.1 Å². The third-order valence-corrected chi connectivity index (χ3v) is 4.91. The molecule has 0 aliphatic carbocycles. The topological polar surface area (TPSA) is 89.2 Å². The maximum atomic E-state index is 12.4. The molecule has 0 aliphatic heterocycles. The summed E-state index contributed by atoms with van der Waals surface area (Å²) < 4.78 is 6.79. The van der Waals surface area contributed by atoms with Gasteiger partial charge in [0.1, 0.15) is 4.83 Å². The number of amides is 2. The predicted molar refractivity (Wildman–Crippen MR) is 97.3 cm³/mol. The number of benzene rings is 1. The molecular weight excluding hydrogens is 352 g/mol. The highest BCUT2D eigenvalue weighted by Crippen LogP contribution is 2.30. The van der Waals surface area contributed by atoms with E-state index in [1.54, 1.807) is 12.1 Å². The molecule has 0 spiro atoms. The minimum Gasteiger partial charge on any atom is -0.459 e. The molecule has 0 aliphatic rings. The maximum Gasteiger partial charge on any atom is 0.305 e. The Morgan fingerprint density at radius 2 is 1.85 bits per heavy atom. The monoisotopic (exact) mass is 366 g/mol. The normalized spacial score (nSPS) is 10.8. The van der Waals surface area contributed by atoms with Crippen LogP contribution in [0, 0.1) is 6.92 Å². The molecule has 0 saturated heterocycles. The number of rotatable bonds is 3. The molecule has 7 nitrogen and oxygen atoms in total. The Hall–Kier alpha value is -3.39. The summed E-state index contributed by atoms with van der Waals surface area (Å²) in [5.41, 5.74) is 6.49. The molecule has 26 heavy (non-hydrogen) atoms. The van der Waals surface area contributed by atoms with E-state index in [4.69, 9.17) is 4.42 Å². The molecule has 0 radical (unpaired) electrons. The number of nitrogens with one attached hydrogen (secondary N) is 2. The molecule has 4 aromatic rings. The van der Waals surface area contributed by atoms with Gasteiger partial charge in [0.25, 0.3) is 5.91 Å². The zero-order valence-corrected chi connectivity index (χ0v) is 14.5. The second kappa shape index (κ2) is 6.49. The third-order valence-electron chi connectivity index (χ3n) is 3.80. The lowest BCUT2D eigenvalue weighted by Crippen LogP contribution is -2.41. The van der Waals surface area contributed by atoms with Crippen LogP contribution < -0.4 is 10.9 Å². The lowest BCUT2D eigenvalue weighted by molar-refractivity contribution is 0.0833. The summed E-state index contributed by atoms with van der Waals surface area (Å²) in [5.74, 6) is -0.793. The Morgan fingerprint density at radius 3 is 2.58 bits per heavy atom. The van der Waals surface area contributed by atoms with Gasteiger partial charge < -0.3 is 4.42 Å². The van der Waals surface area contributed by atoms with E-state index in [1.807, 2.05) is 41.9 Å². The first-order chi connectivity index (χ1) is 12.6. The molecule has 0 bridgehead atoms. The second-order valence-corrected chi connectivity index (χ2v) is 6.58. The van der Waals surface area contributed by atoms with Crippen LogP contribution in [0.2, 0.25) is 0 Å². The molecule has 8 heteroatoms. The minimum absolute atomic E-state index is 0.122. The van der Waals surface area contributed by atoms with Gasteiger partial charge in [-0.25, -0.2) is 4.68 Å². The summed E-state index contributed by atoms with van der Waals surface area (Å²) >= 11 is 1.31. The zero-order chi connectivity index (χ0) is 18.1. The highest BCUT2D eigenvalue weighted by atomic mass is 32.1. The van der Waals surface area contributed by atoms with Crippen molar-refractivity contribution in [2.75, 3.05) is 0 Å². The van der Waals surface area contributed by atoms with Gasteiger partial charge in [0.2, 0.25) is 0 Å². The first-order valence-electron chi connectivity index (χ1n) is 7.82. The number of aryl methyl sites for hydroxylation is 1. The average Bonchev–Trinajstić information content (AvgIpc) is 3.38. The van der Waals surface area contributed by atoms with Gasteiger partial charge in [0.05, 0.1) is 22.5 Å². The van der Waals surface area contributed by atoms with Crippen molar-refractivity contribution in [1.82, 2.24) is 20.6 Å². The van der Waals surface area contributed by atoms with Gasteiger partial charge in [0.15, 0.2) is 5.76 Å². The van der Waals surface area contributed by atoms with Crippen LogP contribution in [0.3, 0.4) is 0 Å². The Kier molecular flexibility index (Phi) is 4.02. The number of carbonyl (C=O) groups is 2. The van der Waals surface area contributed by atoms with Crippen LogP contribution in [-0.2, 0) is 0 Å². The fourth-order valence-corrected chi connectivity index (χ4v) is 3.63. The van der Waals surface area contributed by atoms with Crippen molar-refractivity contribution in [3.63, 3.8) is 0 Å². The summed E-state index contributed by atoms with van der Waals surface area (Å²) in [6, 6.07) is 14.6. The molecule has 2 amide bonds. The van der Waals surface area contributed by atoms with E-state index in [1.165, 1.54) is 23.7 Å². The second-order valence-electron chi connectivity index (χ2n) is 5.55. The van der Waals surface area contributed by atoms with Crippen molar-refractivity contribution < 1.29 is 14.0 Å². The Labute approximate surface area is 152 Å². The van der Waals surface area contributed by atoms with Crippen LogP contribution in [0.15, 0.2) is 59.2 Å². The average molecular weight is 366 g/mol. The van der Waals surface area contributed by atoms with E-state index in [-0.39, 0.29) is 5.76 Å². The lowest BCUT2D eigenvalue weighted by Gasteiger charge is -2.04. The molecule has 0 atom stereocenters. The van der Waals surface area contributed by atoms with Crippen LogP contribution in [0.25, 0.3) is 15.9 Å². The predicted octanol–water partition coefficient (Wildman–Crippen LogP) is 3.06. The van der Waals surface area contributed by atoms with Gasteiger partial charge >= 0.3 is 5.91 Å². The Balaban J connectivity index is 1.57. The van der Waals surface area contributed by atoms with Crippen LogP contribution in [-0.4, -0.2) is 21.6 Å². The van der Waals surface area contributed by atoms with Crippen molar-refractivity contribution in [1.29, 1.82) is 0 Å². The summed E-state index contributed by atoms with van der Waals surface area (Å²) in [5, 5.41) is 5.45. The van der Waals surface area contributed by atoms with Crippen molar-refractivity contribution in [2.24, 2.45) is 0 Å². The molecule has 130 valence electrons. The number of hydrogen-bond donors (Lipinski definition) is 2. The van der Waals surface area contributed by atoms with Crippen LogP contribution in [0.1, 0.15) is 25.9 Å². The van der Waals surface area contributed by atoms with Crippen LogP contribution in [0.4, 0.5) is 0 Å². The van der Waals surface area contributed by atoms with Gasteiger partial charge in [-0.3, -0.25) is 20.4 Å². The smallest absolute Gasteiger partial charge is 0.305 e. The Bertz CT molecular complexity index is 1080. The van der Waals surface area contributed by atoms with Crippen LogP contribution >= 0.6 is 11.3 Å². The van der Waals surface area contributed by atoms with E-state index in [0.717, 1.165) is 21.6 Å². The van der Waals surface area contributed by atoms with Gasteiger partial charge in [-0.1, -0.05) is 18.2 Å². The molecule has 0 saturated carbocycles. The van der Waals surface area contributed by atoms with E-state index >= 15 is 0 Å². The van der Waals surface area contributed by atoms with E-state index in [9.17, 15) is 9.59 Å². The first kappa shape index (κ1) is 16.1. The number of thiophene rings is 1. The number of hydrazine groups is 1. The van der Waals surface area contributed by atoms with Crippen molar-refractivity contribution in [2.45, 2.75) is 6.92 Å². The molecule has 3 heterocycles. The first-order valence-corrected chi connectivity index (χ1v) is 8.64. The van der Waals surface area contributed by atoms with E-state index in [0.29, 0.717) is 4.88 Å². The van der Waals surface area contributed by atoms with Gasteiger partial charge in [-0.05, 0) is 37.3 Å². The number of nitrogens with zero attached hydrogens (tertiary/aromatic N) is 2. The largest absolute Gasteiger partial charge is 0.459 e. The number of fused-ring (bicyclic) bond motifs is 1. The number of hydrogen-bond acceptors (Lipinski definition) is 5. The fraction of sp³-hybridized carbons (Fsp3) is 0.0556. The van der Waals surface area contributed by atoms with E-state index in [2.05, 4.69) is 16.0 Å². The number of aromatic nitrogens is 2.